The average Bonchev–Trinajstić information content (AvgIpc) is 2.99. The van der Waals surface area contributed by atoms with Crippen LogP contribution in [0.3, 0.4) is 0 Å². The van der Waals surface area contributed by atoms with E-state index in [1.165, 1.54) is 60.8 Å². The third kappa shape index (κ3) is 2.32. The molecule has 112 valence electrons. The molecule has 4 heteroatoms. The molecule has 0 spiro atoms. The van der Waals surface area contributed by atoms with E-state index >= 15 is 0 Å². The minimum Gasteiger partial charge on any atom is -0.304 e. The van der Waals surface area contributed by atoms with E-state index in [1.807, 2.05) is 11.3 Å². The number of hydrogen-bond acceptors (Lipinski definition) is 4. The number of nitrogens with one attached hydrogen (secondary N) is 1. The molecule has 0 bridgehead atoms. The molecule has 2 atom stereocenters. The lowest BCUT2D eigenvalue weighted by Gasteiger charge is -2.40. The second-order valence-electron chi connectivity index (χ2n) is 6.36. The molecule has 1 aromatic heterocycles. The maximum atomic E-state index is 4.94. The van der Waals surface area contributed by atoms with E-state index in [4.69, 9.17) is 4.98 Å². The van der Waals surface area contributed by atoms with Gasteiger partial charge < -0.3 is 5.32 Å². The Bertz CT molecular complexity index is 451. The Balaban J connectivity index is 1.96. The normalized spacial score (nSPS) is 30.6. The van der Waals surface area contributed by atoms with Gasteiger partial charge in [-0.15, -0.1) is 11.3 Å². The molecule has 1 aromatic rings. The minimum atomic E-state index is 0.125. The third-order valence-electron chi connectivity index (χ3n) is 5.08. The van der Waals surface area contributed by atoms with Crippen LogP contribution in [-0.4, -0.2) is 35.6 Å². The Hall–Kier alpha value is -0.450. The van der Waals surface area contributed by atoms with E-state index < -0.39 is 0 Å². The van der Waals surface area contributed by atoms with Crippen molar-refractivity contribution in [3.05, 3.63) is 15.6 Å². The van der Waals surface area contributed by atoms with E-state index in [0.29, 0.717) is 6.04 Å². The summed E-state index contributed by atoms with van der Waals surface area (Å²) in [7, 11) is 0. The Kier molecular flexibility index (Phi) is 4.16. The summed E-state index contributed by atoms with van der Waals surface area (Å²) in [5.41, 5.74) is 1.34. The van der Waals surface area contributed by atoms with Gasteiger partial charge in [0, 0.05) is 17.5 Å². The van der Waals surface area contributed by atoms with Crippen molar-refractivity contribution in [3.8, 4) is 0 Å². The van der Waals surface area contributed by atoms with Gasteiger partial charge in [0.25, 0.3) is 0 Å². The zero-order chi connectivity index (χ0) is 14.2. The fraction of sp³-hybridized carbons (Fsp3) is 0.812. The monoisotopic (exact) mass is 293 g/mol. The van der Waals surface area contributed by atoms with Crippen LogP contribution in [0.5, 0.6) is 0 Å². The predicted octanol–water partition coefficient (Wildman–Crippen LogP) is 3.21. The molecule has 3 nitrogen and oxygen atoms in total. The van der Waals surface area contributed by atoms with Crippen molar-refractivity contribution < 1.29 is 0 Å². The van der Waals surface area contributed by atoms with E-state index in [2.05, 4.69) is 31.0 Å². The second-order valence-corrected chi connectivity index (χ2v) is 7.56. The number of thiazole rings is 1. The highest BCUT2D eigenvalue weighted by molar-refractivity contribution is 7.11. The molecule has 2 saturated heterocycles. The van der Waals surface area contributed by atoms with E-state index in [-0.39, 0.29) is 5.54 Å². The van der Waals surface area contributed by atoms with Crippen LogP contribution in [-0.2, 0) is 5.54 Å². The molecule has 20 heavy (non-hydrogen) atoms. The third-order valence-corrected chi connectivity index (χ3v) is 6.33. The van der Waals surface area contributed by atoms with Gasteiger partial charge in [0.05, 0.1) is 11.2 Å². The van der Waals surface area contributed by atoms with Crippen molar-refractivity contribution in [1.29, 1.82) is 0 Å². The molecule has 3 heterocycles. The first-order chi connectivity index (χ1) is 9.67. The number of rotatable bonds is 4. The number of piperidine rings is 1. The molecule has 3 rings (SSSR count). The van der Waals surface area contributed by atoms with Gasteiger partial charge in [-0.2, -0.15) is 0 Å². The zero-order valence-electron chi connectivity index (χ0n) is 13.0. The first-order valence-corrected chi connectivity index (χ1v) is 8.92. The van der Waals surface area contributed by atoms with Crippen molar-refractivity contribution in [3.63, 3.8) is 0 Å². The molecular weight excluding hydrogens is 266 g/mol. The topological polar surface area (TPSA) is 28.2 Å². The molecule has 1 N–H and O–H groups in total. The van der Waals surface area contributed by atoms with Crippen LogP contribution in [0.2, 0.25) is 0 Å². The summed E-state index contributed by atoms with van der Waals surface area (Å²) in [5.74, 6) is 0. The lowest BCUT2D eigenvalue weighted by molar-refractivity contribution is 0.136. The van der Waals surface area contributed by atoms with Crippen LogP contribution >= 0.6 is 11.3 Å². The van der Waals surface area contributed by atoms with Crippen LogP contribution in [0.25, 0.3) is 0 Å². The molecular formula is C16H27N3S. The van der Waals surface area contributed by atoms with Gasteiger partial charge in [-0.05, 0) is 52.6 Å². The van der Waals surface area contributed by atoms with Gasteiger partial charge in [-0.3, -0.25) is 4.90 Å². The van der Waals surface area contributed by atoms with E-state index in [1.54, 1.807) is 0 Å². The number of aromatic nitrogens is 1. The van der Waals surface area contributed by atoms with Gasteiger partial charge in [0.2, 0.25) is 0 Å². The average molecular weight is 293 g/mol. The van der Waals surface area contributed by atoms with Crippen molar-refractivity contribution in [2.24, 2.45) is 0 Å². The van der Waals surface area contributed by atoms with Gasteiger partial charge >= 0.3 is 0 Å². The summed E-state index contributed by atoms with van der Waals surface area (Å²) in [5, 5.41) is 5.25. The van der Waals surface area contributed by atoms with Crippen LogP contribution in [0.15, 0.2) is 0 Å². The SMILES string of the molecule is CCCNC1(c2nc(C)c(C)s2)CCN2CCCCC21. The smallest absolute Gasteiger partial charge is 0.115 e. The number of fused-ring (bicyclic) bond motifs is 1. The molecule has 0 aliphatic carbocycles. The van der Waals surface area contributed by atoms with Crippen molar-refractivity contribution in [2.45, 2.75) is 64.5 Å². The Morgan fingerprint density at radius 1 is 1.35 bits per heavy atom. The first-order valence-electron chi connectivity index (χ1n) is 8.11. The highest BCUT2D eigenvalue weighted by Crippen LogP contribution is 2.43. The fourth-order valence-corrected chi connectivity index (χ4v) is 5.00. The standard InChI is InChI=1S/C16H27N3S/c1-4-9-17-16(15-18-12(2)13(3)20-15)8-11-19-10-6-5-7-14(16)19/h14,17H,4-11H2,1-3H3. The van der Waals surface area contributed by atoms with Gasteiger partial charge in [-0.1, -0.05) is 13.3 Å². The number of aryl methyl sites for hydroxylation is 2. The van der Waals surface area contributed by atoms with Crippen molar-refractivity contribution in [2.75, 3.05) is 19.6 Å². The van der Waals surface area contributed by atoms with Crippen LogP contribution < -0.4 is 5.32 Å². The maximum Gasteiger partial charge on any atom is 0.115 e. The molecule has 0 radical (unpaired) electrons. The molecule has 0 saturated carbocycles. The first kappa shape index (κ1) is 14.5. The lowest BCUT2D eigenvalue weighted by atomic mass is 9.85. The Labute approximate surface area is 126 Å². The summed E-state index contributed by atoms with van der Waals surface area (Å²) >= 11 is 1.92. The van der Waals surface area contributed by atoms with Gasteiger partial charge in [0.1, 0.15) is 5.01 Å². The maximum absolute atomic E-state index is 4.94. The summed E-state index contributed by atoms with van der Waals surface area (Å²) in [6.07, 6.45) is 6.49. The summed E-state index contributed by atoms with van der Waals surface area (Å²) in [6.45, 7) is 10.2. The predicted molar refractivity (Wildman–Crippen MR) is 85.4 cm³/mol. The fourth-order valence-electron chi connectivity index (χ4n) is 3.85. The molecule has 2 unspecified atom stereocenters. The molecule has 2 fully saturated rings. The summed E-state index contributed by atoms with van der Waals surface area (Å²) in [4.78, 5) is 9.03. The molecule has 2 aliphatic rings. The largest absolute Gasteiger partial charge is 0.304 e. The van der Waals surface area contributed by atoms with E-state index in [0.717, 1.165) is 6.54 Å². The van der Waals surface area contributed by atoms with Crippen molar-refractivity contribution in [1.82, 2.24) is 15.2 Å². The highest BCUT2D eigenvalue weighted by Gasteiger charge is 2.50. The van der Waals surface area contributed by atoms with Crippen molar-refractivity contribution >= 4 is 11.3 Å². The second kappa shape index (κ2) is 5.74. The minimum absolute atomic E-state index is 0.125. The van der Waals surface area contributed by atoms with Crippen LogP contribution in [0.4, 0.5) is 0 Å². The van der Waals surface area contributed by atoms with E-state index in [9.17, 15) is 0 Å². The number of hydrogen-bond donors (Lipinski definition) is 1. The van der Waals surface area contributed by atoms with Gasteiger partial charge in [-0.25, -0.2) is 4.98 Å². The molecule has 2 aliphatic heterocycles. The number of nitrogens with zero attached hydrogens (tertiary/aromatic N) is 2. The lowest BCUT2D eigenvalue weighted by Crippen LogP contribution is -2.53. The van der Waals surface area contributed by atoms with Crippen LogP contribution in [0, 0.1) is 13.8 Å². The Morgan fingerprint density at radius 3 is 2.90 bits per heavy atom. The van der Waals surface area contributed by atoms with Gasteiger partial charge in [0.15, 0.2) is 0 Å². The molecule has 0 aromatic carbocycles. The quantitative estimate of drug-likeness (QED) is 0.924. The highest BCUT2D eigenvalue weighted by atomic mass is 32.1. The zero-order valence-corrected chi connectivity index (χ0v) is 13.9. The van der Waals surface area contributed by atoms with Crippen LogP contribution in [0.1, 0.15) is 54.6 Å². The molecule has 0 amide bonds. The summed E-state index contributed by atoms with van der Waals surface area (Å²) < 4.78 is 0. The Morgan fingerprint density at radius 2 is 2.20 bits per heavy atom. The summed E-state index contributed by atoms with van der Waals surface area (Å²) in [6, 6.07) is 0.660.